The third-order valence-electron chi connectivity index (χ3n) is 3.36. The van der Waals surface area contributed by atoms with E-state index in [4.69, 9.17) is 0 Å². The van der Waals surface area contributed by atoms with Crippen LogP contribution < -0.4 is 0 Å². The van der Waals surface area contributed by atoms with E-state index in [0.717, 1.165) is 21.0 Å². The average molecular weight is 271 g/mol. The molecule has 1 aromatic rings. The molecule has 2 rings (SSSR count). The van der Waals surface area contributed by atoms with Crippen LogP contribution >= 0.6 is 0 Å². The third kappa shape index (κ3) is 2.72. The van der Waals surface area contributed by atoms with Crippen LogP contribution in [0, 0.1) is 0 Å². The Labute approximate surface area is 108 Å². The maximum atomic E-state index is 13.0. The topological polar surface area (TPSA) is 37.4 Å². The fraction of sp³-hybridized carbons (Fsp3) is 0.538. The lowest BCUT2D eigenvalue weighted by molar-refractivity contribution is 0.366. The molecule has 0 saturated carbocycles. The van der Waals surface area contributed by atoms with Crippen molar-refractivity contribution in [3.63, 3.8) is 0 Å². The largest absolute Gasteiger partial charge is 0.375 e. The number of fused-ring (bicyclic) bond motifs is 1. The SMILES string of the molecule is CC(C)(C)c1ccc2c(c1)CN(S(=O)(=O)F)CC2. The summed E-state index contributed by atoms with van der Waals surface area (Å²) < 4.78 is 35.8. The Hall–Kier alpha value is -0.940. The molecule has 0 aliphatic carbocycles. The van der Waals surface area contributed by atoms with Crippen LogP contribution in [0.15, 0.2) is 18.2 Å². The van der Waals surface area contributed by atoms with Gasteiger partial charge in [0.2, 0.25) is 0 Å². The quantitative estimate of drug-likeness (QED) is 0.736. The summed E-state index contributed by atoms with van der Waals surface area (Å²) in [4.78, 5) is 0. The van der Waals surface area contributed by atoms with Gasteiger partial charge in [-0.05, 0) is 28.5 Å². The lowest BCUT2D eigenvalue weighted by Crippen LogP contribution is -2.33. The van der Waals surface area contributed by atoms with Gasteiger partial charge in [-0.1, -0.05) is 42.9 Å². The minimum absolute atomic E-state index is 0.00585. The van der Waals surface area contributed by atoms with Crippen LogP contribution in [0.3, 0.4) is 0 Å². The van der Waals surface area contributed by atoms with Gasteiger partial charge in [-0.2, -0.15) is 12.7 Å². The highest BCUT2D eigenvalue weighted by molar-refractivity contribution is 7.83. The van der Waals surface area contributed by atoms with Crippen LogP contribution in [0.2, 0.25) is 0 Å². The second kappa shape index (κ2) is 4.31. The third-order valence-corrected chi connectivity index (χ3v) is 4.29. The van der Waals surface area contributed by atoms with E-state index in [1.165, 1.54) is 0 Å². The van der Waals surface area contributed by atoms with Crippen molar-refractivity contribution in [1.82, 2.24) is 4.31 Å². The lowest BCUT2D eigenvalue weighted by atomic mass is 9.84. The van der Waals surface area contributed by atoms with Crippen molar-refractivity contribution < 1.29 is 12.3 Å². The van der Waals surface area contributed by atoms with E-state index >= 15 is 0 Å². The number of benzene rings is 1. The molecule has 1 heterocycles. The average Bonchev–Trinajstić information content (AvgIpc) is 2.25. The van der Waals surface area contributed by atoms with Crippen molar-refractivity contribution in [2.75, 3.05) is 6.54 Å². The fourth-order valence-electron chi connectivity index (χ4n) is 2.18. The Kier molecular flexibility index (Phi) is 3.23. The molecule has 0 radical (unpaired) electrons. The normalized spacial score (nSPS) is 17.6. The minimum Gasteiger partial charge on any atom is -0.177 e. The molecule has 0 spiro atoms. The van der Waals surface area contributed by atoms with Gasteiger partial charge in [0.1, 0.15) is 0 Å². The smallest absolute Gasteiger partial charge is 0.177 e. The first-order valence-electron chi connectivity index (χ1n) is 6.00. The molecule has 1 aliphatic rings. The molecule has 0 aromatic heterocycles. The van der Waals surface area contributed by atoms with Crippen LogP contribution in [-0.2, 0) is 28.8 Å². The Morgan fingerprint density at radius 3 is 2.44 bits per heavy atom. The van der Waals surface area contributed by atoms with Crippen LogP contribution in [0.4, 0.5) is 3.89 Å². The summed E-state index contributed by atoms with van der Waals surface area (Å²) in [5, 5.41) is 0. The molecule has 1 aromatic carbocycles. The highest BCUT2D eigenvalue weighted by Gasteiger charge is 2.27. The Morgan fingerprint density at radius 2 is 1.89 bits per heavy atom. The van der Waals surface area contributed by atoms with Crippen molar-refractivity contribution in [2.24, 2.45) is 0 Å². The molecular weight excluding hydrogens is 253 g/mol. The van der Waals surface area contributed by atoms with Crippen LogP contribution in [0.1, 0.15) is 37.5 Å². The van der Waals surface area contributed by atoms with Gasteiger partial charge in [-0.3, -0.25) is 0 Å². The zero-order valence-electron chi connectivity index (χ0n) is 10.9. The first-order valence-corrected chi connectivity index (χ1v) is 7.34. The van der Waals surface area contributed by atoms with Crippen molar-refractivity contribution in [3.05, 3.63) is 34.9 Å². The molecule has 0 fully saturated rings. The van der Waals surface area contributed by atoms with E-state index in [-0.39, 0.29) is 18.5 Å². The molecule has 0 saturated heterocycles. The van der Waals surface area contributed by atoms with Crippen LogP contribution in [-0.4, -0.2) is 19.3 Å². The van der Waals surface area contributed by atoms with Gasteiger partial charge in [0.05, 0.1) is 0 Å². The Balaban J connectivity index is 2.36. The highest BCUT2D eigenvalue weighted by Crippen LogP contribution is 2.28. The van der Waals surface area contributed by atoms with Gasteiger partial charge < -0.3 is 0 Å². The summed E-state index contributed by atoms with van der Waals surface area (Å²) in [5.41, 5.74) is 3.17. The molecule has 1 aliphatic heterocycles. The molecule has 18 heavy (non-hydrogen) atoms. The van der Waals surface area contributed by atoms with E-state index in [1.54, 1.807) is 0 Å². The zero-order valence-corrected chi connectivity index (χ0v) is 11.7. The number of halogens is 1. The van der Waals surface area contributed by atoms with E-state index in [2.05, 4.69) is 26.8 Å². The molecular formula is C13H18FNO2S. The number of nitrogens with zero attached hydrogens (tertiary/aromatic N) is 1. The van der Waals surface area contributed by atoms with Crippen LogP contribution in [0.5, 0.6) is 0 Å². The molecule has 5 heteroatoms. The zero-order chi connectivity index (χ0) is 13.6. The summed E-state index contributed by atoms with van der Waals surface area (Å²) in [6.45, 7) is 6.66. The van der Waals surface area contributed by atoms with Crippen molar-refractivity contribution in [3.8, 4) is 0 Å². The van der Waals surface area contributed by atoms with E-state index in [0.29, 0.717) is 6.42 Å². The second-order valence-corrected chi connectivity index (χ2v) is 7.10. The molecule has 0 unspecified atom stereocenters. The summed E-state index contributed by atoms with van der Waals surface area (Å²) >= 11 is 0. The second-order valence-electron chi connectivity index (χ2n) is 5.76. The van der Waals surface area contributed by atoms with E-state index < -0.39 is 10.4 Å². The first-order chi connectivity index (χ1) is 8.18. The molecule has 0 N–H and O–H groups in total. The molecule has 0 atom stereocenters. The Bertz CT molecular complexity index is 561. The monoisotopic (exact) mass is 271 g/mol. The van der Waals surface area contributed by atoms with E-state index in [1.807, 2.05) is 12.1 Å². The van der Waals surface area contributed by atoms with Gasteiger partial charge in [0, 0.05) is 13.1 Å². The summed E-state index contributed by atoms with van der Waals surface area (Å²) in [6, 6.07) is 6.09. The van der Waals surface area contributed by atoms with Crippen LogP contribution in [0.25, 0.3) is 0 Å². The van der Waals surface area contributed by atoms with Gasteiger partial charge in [0.25, 0.3) is 0 Å². The molecule has 0 amide bonds. The standard InChI is InChI=1S/C13H18FNO2S/c1-13(2,3)12-5-4-10-6-7-15(18(14,16)17)9-11(10)8-12/h4-5,8H,6-7,9H2,1-3H3. The maximum Gasteiger partial charge on any atom is 0.375 e. The first kappa shape index (κ1) is 13.5. The van der Waals surface area contributed by atoms with Gasteiger partial charge in [-0.15, -0.1) is 0 Å². The molecule has 0 bridgehead atoms. The van der Waals surface area contributed by atoms with Gasteiger partial charge in [0.15, 0.2) is 0 Å². The highest BCUT2D eigenvalue weighted by atomic mass is 32.3. The van der Waals surface area contributed by atoms with Crippen molar-refractivity contribution >= 4 is 10.4 Å². The molecule has 100 valence electrons. The predicted octanol–water partition coefficient (Wildman–Crippen LogP) is 2.56. The minimum atomic E-state index is -4.58. The Morgan fingerprint density at radius 1 is 1.22 bits per heavy atom. The van der Waals surface area contributed by atoms with E-state index in [9.17, 15) is 12.3 Å². The number of rotatable bonds is 1. The van der Waals surface area contributed by atoms with Gasteiger partial charge >= 0.3 is 10.4 Å². The summed E-state index contributed by atoms with van der Waals surface area (Å²) in [6.07, 6.45) is 0.572. The summed E-state index contributed by atoms with van der Waals surface area (Å²) in [5.74, 6) is 0. The predicted molar refractivity (Wildman–Crippen MR) is 69.3 cm³/mol. The van der Waals surface area contributed by atoms with Gasteiger partial charge in [-0.25, -0.2) is 0 Å². The summed E-state index contributed by atoms with van der Waals surface area (Å²) in [7, 11) is -4.58. The number of hydrogen-bond donors (Lipinski definition) is 0. The lowest BCUT2D eigenvalue weighted by Gasteiger charge is -2.27. The van der Waals surface area contributed by atoms with Crippen molar-refractivity contribution in [2.45, 2.75) is 39.2 Å². The molecule has 3 nitrogen and oxygen atoms in total. The fourth-order valence-corrected chi connectivity index (χ4v) is 2.79. The number of hydrogen-bond acceptors (Lipinski definition) is 2. The van der Waals surface area contributed by atoms with Crippen molar-refractivity contribution in [1.29, 1.82) is 0 Å². The maximum absolute atomic E-state index is 13.0.